The van der Waals surface area contributed by atoms with Gasteiger partial charge in [0.15, 0.2) is 0 Å². The maximum atomic E-state index is 12.9. The third-order valence-electron chi connectivity index (χ3n) is 4.01. The van der Waals surface area contributed by atoms with Gasteiger partial charge in [0.2, 0.25) is 0 Å². The first-order chi connectivity index (χ1) is 11.0. The van der Waals surface area contributed by atoms with Crippen molar-refractivity contribution < 1.29 is 4.79 Å². The summed E-state index contributed by atoms with van der Waals surface area (Å²) in [5.41, 5.74) is 2.97. The van der Waals surface area contributed by atoms with Crippen LogP contribution in [0.3, 0.4) is 0 Å². The van der Waals surface area contributed by atoms with Crippen molar-refractivity contribution in [1.82, 2.24) is 10.3 Å². The minimum atomic E-state index is -0.448. The van der Waals surface area contributed by atoms with Crippen LogP contribution in [0.15, 0.2) is 60.7 Å². The maximum absolute atomic E-state index is 12.9. The van der Waals surface area contributed by atoms with Crippen molar-refractivity contribution in [3.8, 4) is 0 Å². The van der Waals surface area contributed by atoms with Crippen molar-refractivity contribution in [3.63, 3.8) is 0 Å². The van der Waals surface area contributed by atoms with Gasteiger partial charge in [0, 0.05) is 11.1 Å². The smallest absolute Gasteiger partial charge is 0.252 e. The highest BCUT2D eigenvalue weighted by Crippen LogP contribution is 2.23. The Morgan fingerprint density at radius 1 is 1.00 bits per heavy atom. The second-order valence-electron chi connectivity index (χ2n) is 6.27. The standard InChI is InChI=1S/C20H20N2O/c1-14-13-17(16-11-7-8-12-18(16)21-14)19(23)22-20(2,3)15-9-5-4-6-10-15/h4-13H,1-3H3,(H,22,23). The molecule has 3 aromatic rings. The Hall–Kier alpha value is -2.68. The topological polar surface area (TPSA) is 42.0 Å². The van der Waals surface area contributed by atoms with E-state index in [2.05, 4.69) is 10.3 Å². The molecule has 3 nitrogen and oxygen atoms in total. The molecule has 0 aliphatic heterocycles. The molecule has 0 aliphatic rings. The number of aromatic nitrogens is 1. The van der Waals surface area contributed by atoms with Crippen molar-refractivity contribution in [2.24, 2.45) is 0 Å². The molecule has 2 aromatic carbocycles. The summed E-state index contributed by atoms with van der Waals surface area (Å²) >= 11 is 0. The van der Waals surface area contributed by atoms with E-state index in [4.69, 9.17) is 0 Å². The first-order valence-electron chi connectivity index (χ1n) is 7.72. The van der Waals surface area contributed by atoms with Gasteiger partial charge in [-0.15, -0.1) is 0 Å². The van der Waals surface area contributed by atoms with Gasteiger partial charge in [-0.25, -0.2) is 0 Å². The molecule has 3 heteroatoms. The molecule has 0 aliphatic carbocycles. The number of para-hydroxylation sites is 1. The number of benzene rings is 2. The van der Waals surface area contributed by atoms with Crippen LogP contribution < -0.4 is 5.32 Å². The zero-order chi connectivity index (χ0) is 16.4. The Morgan fingerprint density at radius 2 is 1.65 bits per heavy atom. The minimum absolute atomic E-state index is 0.0828. The van der Waals surface area contributed by atoms with Crippen LogP contribution in [0, 0.1) is 6.92 Å². The Morgan fingerprint density at radius 3 is 2.39 bits per heavy atom. The lowest BCUT2D eigenvalue weighted by atomic mass is 9.93. The van der Waals surface area contributed by atoms with Gasteiger partial charge in [-0.3, -0.25) is 9.78 Å². The van der Waals surface area contributed by atoms with E-state index in [-0.39, 0.29) is 5.91 Å². The van der Waals surface area contributed by atoms with E-state index in [0.717, 1.165) is 22.2 Å². The van der Waals surface area contributed by atoms with E-state index in [1.54, 1.807) is 0 Å². The van der Waals surface area contributed by atoms with Crippen molar-refractivity contribution in [1.29, 1.82) is 0 Å². The number of nitrogens with zero attached hydrogens (tertiary/aromatic N) is 1. The first kappa shape index (κ1) is 15.2. The number of aryl methyl sites for hydroxylation is 1. The molecule has 0 bridgehead atoms. The lowest BCUT2D eigenvalue weighted by Crippen LogP contribution is -2.41. The summed E-state index contributed by atoms with van der Waals surface area (Å²) in [4.78, 5) is 17.4. The number of carbonyl (C=O) groups is 1. The van der Waals surface area contributed by atoms with Gasteiger partial charge in [0.05, 0.1) is 16.6 Å². The molecule has 1 aromatic heterocycles. The molecule has 0 saturated heterocycles. The number of rotatable bonds is 3. The van der Waals surface area contributed by atoms with Gasteiger partial charge < -0.3 is 5.32 Å². The molecule has 0 radical (unpaired) electrons. The Kier molecular flexibility index (Phi) is 3.87. The van der Waals surface area contributed by atoms with E-state index in [1.165, 1.54) is 0 Å². The largest absolute Gasteiger partial charge is 0.343 e. The summed E-state index contributed by atoms with van der Waals surface area (Å²) in [6.07, 6.45) is 0. The molecule has 0 atom stereocenters. The van der Waals surface area contributed by atoms with Crippen molar-refractivity contribution in [2.75, 3.05) is 0 Å². The highest BCUT2D eigenvalue weighted by atomic mass is 16.1. The predicted octanol–water partition coefficient (Wildman–Crippen LogP) is 4.21. The molecule has 0 fully saturated rings. The lowest BCUT2D eigenvalue weighted by molar-refractivity contribution is 0.0913. The van der Waals surface area contributed by atoms with Crippen molar-refractivity contribution in [3.05, 3.63) is 77.5 Å². The monoisotopic (exact) mass is 304 g/mol. The fourth-order valence-electron chi connectivity index (χ4n) is 2.77. The van der Waals surface area contributed by atoms with Crippen LogP contribution in [0.2, 0.25) is 0 Å². The van der Waals surface area contributed by atoms with Crippen LogP contribution in [-0.2, 0) is 5.54 Å². The van der Waals surface area contributed by atoms with Gasteiger partial charge >= 0.3 is 0 Å². The number of nitrogens with one attached hydrogen (secondary N) is 1. The highest BCUT2D eigenvalue weighted by molar-refractivity contribution is 6.06. The quantitative estimate of drug-likeness (QED) is 0.787. The van der Waals surface area contributed by atoms with Crippen LogP contribution in [0.25, 0.3) is 10.9 Å². The first-order valence-corrected chi connectivity index (χ1v) is 7.72. The SMILES string of the molecule is Cc1cc(C(=O)NC(C)(C)c2ccccc2)c2ccccc2n1. The summed E-state index contributed by atoms with van der Waals surface area (Å²) in [5, 5.41) is 4.02. The summed E-state index contributed by atoms with van der Waals surface area (Å²) < 4.78 is 0. The van der Waals surface area contributed by atoms with Gasteiger partial charge in [0.1, 0.15) is 0 Å². The number of fused-ring (bicyclic) bond motifs is 1. The molecule has 3 rings (SSSR count). The van der Waals surface area contributed by atoms with Crippen LogP contribution in [0.1, 0.15) is 35.5 Å². The summed E-state index contributed by atoms with van der Waals surface area (Å²) in [7, 11) is 0. The zero-order valence-electron chi connectivity index (χ0n) is 13.6. The summed E-state index contributed by atoms with van der Waals surface area (Å²) in [6.45, 7) is 5.93. The van der Waals surface area contributed by atoms with Gasteiger partial charge in [-0.1, -0.05) is 48.5 Å². The lowest BCUT2D eigenvalue weighted by Gasteiger charge is -2.27. The second kappa shape index (κ2) is 5.84. The molecule has 0 saturated carbocycles. The minimum Gasteiger partial charge on any atom is -0.343 e. The summed E-state index contributed by atoms with van der Waals surface area (Å²) in [6, 6.07) is 19.6. The number of amides is 1. The molecule has 1 N–H and O–H groups in total. The number of pyridine rings is 1. The van der Waals surface area contributed by atoms with Gasteiger partial charge in [-0.2, -0.15) is 0 Å². The normalized spacial score (nSPS) is 11.4. The fraction of sp³-hybridized carbons (Fsp3) is 0.200. The van der Waals surface area contributed by atoms with Crippen LogP contribution >= 0.6 is 0 Å². The van der Waals surface area contributed by atoms with E-state index < -0.39 is 5.54 Å². The number of hydrogen-bond acceptors (Lipinski definition) is 2. The Balaban J connectivity index is 1.98. The average molecular weight is 304 g/mol. The Bertz CT molecular complexity index is 854. The van der Waals surface area contributed by atoms with E-state index in [9.17, 15) is 4.79 Å². The fourth-order valence-corrected chi connectivity index (χ4v) is 2.77. The number of hydrogen-bond donors (Lipinski definition) is 1. The summed E-state index contributed by atoms with van der Waals surface area (Å²) in [5.74, 6) is -0.0828. The molecule has 0 spiro atoms. The molecule has 0 unspecified atom stereocenters. The molecule has 116 valence electrons. The van der Waals surface area contributed by atoms with E-state index >= 15 is 0 Å². The van der Waals surface area contributed by atoms with Gasteiger partial charge in [0.25, 0.3) is 5.91 Å². The highest BCUT2D eigenvalue weighted by Gasteiger charge is 2.24. The van der Waals surface area contributed by atoms with Crippen LogP contribution in [0.5, 0.6) is 0 Å². The molecular weight excluding hydrogens is 284 g/mol. The van der Waals surface area contributed by atoms with Crippen molar-refractivity contribution in [2.45, 2.75) is 26.3 Å². The molecule has 1 heterocycles. The van der Waals surface area contributed by atoms with E-state index in [1.807, 2.05) is 81.4 Å². The van der Waals surface area contributed by atoms with Crippen molar-refractivity contribution >= 4 is 16.8 Å². The third kappa shape index (κ3) is 3.09. The molecular formula is C20H20N2O. The molecule has 1 amide bonds. The average Bonchev–Trinajstić information content (AvgIpc) is 2.54. The Labute approximate surface area is 136 Å². The predicted molar refractivity (Wildman–Crippen MR) is 93.4 cm³/mol. The van der Waals surface area contributed by atoms with Crippen LogP contribution in [0.4, 0.5) is 0 Å². The maximum Gasteiger partial charge on any atom is 0.252 e. The number of carbonyl (C=O) groups excluding carboxylic acids is 1. The van der Waals surface area contributed by atoms with Crippen LogP contribution in [-0.4, -0.2) is 10.9 Å². The molecule has 23 heavy (non-hydrogen) atoms. The van der Waals surface area contributed by atoms with E-state index in [0.29, 0.717) is 5.56 Å². The zero-order valence-corrected chi connectivity index (χ0v) is 13.6. The third-order valence-corrected chi connectivity index (χ3v) is 4.01. The van der Waals surface area contributed by atoms with Gasteiger partial charge in [-0.05, 0) is 38.5 Å². The second-order valence-corrected chi connectivity index (χ2v) is 6.27.